The smallest absolute Gasteiger partial charge is 0.0571 e. The molecule has 0 saturated heterocycles. The molecule has 1 aliphatic rings. The van der Waals surface area contributed by atoms with E-state index in [0.717, 1.165) is 28.8 Å². The second-order valence-corrected chi connectivity index (χ2v) is 5.14. The Balaban J connectivity index is 2.09. The molecule has 0 bridgehead atoms. The average Bonchev–Trinajstić information content (AvgIpc) is 2.14. The number of aliphatic hydroxyl groups is 1. The molecule has 76 valence electrons. The summed E-state index contributed by atoms with van der Waals surface area (Å²) in [5.41, 5.74) is 1.23. The summed E-state index contributed by atoms with van der Waals surface area (Å²) in [5, 5.41) is 10.2. The predicted molar refractivity (Wildman–Crippen MR) is 61.6 cm³/mol. The SMILES string of the molecule is O[C@@H]1CC[C@H]1Cc1ccc(Cl)cc1Br. The Morgan fingerprint density at radius 2 is 2.21 bits per heavy atom. The van der Waals surface area contributed by atoms with Crippen molar-refractivity contribution in [2.45, 2.75) is 25.4 Å². The van der Waals surface area contributed by atoms with Crippen LogP contribution in [0.5, 0.6) is 0 Å². The van der Waals surface area contributed by atoms with Crippen molar-refractivity contribution in [2.24, 2.45) is 5.92 Å². The van der Waals surface area contributed by atoms with Gasteiger partial charge in [-0.05, 0) is 42.9 Å². The van der Waals surface area contributed by atoms with E-state index in [9.17, 15) is 5.11 Å². The lowest BCUT2D eigenvalue weighted by atomic mass is 9.78. The van der Waals surface area contributed by atoms with E-state index in [-0.39, 0.29) is 6.10 Å². The number of hydrogen-bond donors (Lipinski definition) is 1. The summed E-state index contributed by atoms with van der Waals surface area (Å²) < 4.78 is 1.05. The molecule has 1 aromatic carbocycles. The van der Waals surface area contributed by atoms with Gasteiger partial charge < -0.3 is 5.11 Å². The van der Waals surface area contributed by atoms with Crippen LogP contribution in [0.2, 0.25) is 5.02 Å². The zero-order valence-corrected chi connectivity index (χ0v) is 10.1. The molecular weight excluding hydrogens is 263 g/mol. The Kier molecular flexibility index (Phi) is 3.15. The van der Waals surface area contributed by atoms with Crippen LogP contribution >= 0.6 is 27.5 Å². The molecule has 2 rings (SSSR count). The zero-order valence-electron chi connectivity index (χ0n) is 7.71. The quantitative estimate of drug-likeness (QED) is 0.877. The van der Waals surface area contributed by atoms with Crippen LogP contribution in [0.4, 0.5) is 0 Å². The highest BCUT2D eigenvalue weighted by Crippen LogP contribution is 2.33. The maximum atomic E-state index is 9.47. The summed E-state index contributed by atoms with van der Waals surface area (Å²) in [7, 11) is 0. The first-order chi connectivity index (χ1) is 6.66. The summed E-state index contributed by atoms with van der Waals surface area (Å²) >= 11 is 9.33. The molecule has 0 spiro atoms. The Bertz CT molecular complexity index is 340. The molecule has 2 atom stereocenters. The predicted octanol–water partition coefficient (Wildman–Crippen LogP) is 3.42. The average molecular weight is 276 g/mol. The van der Waals surface area contributed by atoms with Gasteiger partial charge in [0.05, 0.1) is 6.10 Å². The van der Waals surface area contributed by atoms with Gasteiger partial charge in [-0.2, -0.15) is 0 Å². The first kappa shape index (κ1) is 10.5. The van der Waals surface area contributed by atoms with E-state index in [1.165, 1.54) is 5.56 Å². The van der Waals surface area contributed by atoms with E-state index < -0.39 is 0 Å². The van der Waals surface area contributed by atoms with E-state index >= 15 is 0 Å². The Morgan fingerprint density at radius 3 is 2.71 bits per heavy atom. The zero-order chi connectivity index (χ0) is 10.1. The highest BCUT2D eigenvalue weighted by Gasteiger charge is 2.28. The maximum absolute atomic E-state index is 9.47. The first-order valence-corrected chi connectivity index (χ1v) is 5.96. The highest BCUT2D eigenvalue weighted by atomic mass is 79.9. The van der Waals surface area contributed by atoms with Gasteiger partial charge in [0.1, 0.15) is 0 Å². The molecule has 1 fully saturated rings. The Labute approximate surface area is 97.2 Å². The van der Waals surface area contributed by atoms with Crippen molar-refractivity contribution in [1.29, 1.82) is 0 Å². The molecule has 1 aliphatic carbocycles. The van der Waals surface area contributed by atoms with E-state index in [1.807, 2.05) is 18.2 Å². The minimum Gasteiger partial charge on any atom is -0.393 e. The molecule has 1 N–H and O–H groups in total. The van der Waals surface area contributed by atoms with Gasteiger partial charge in [0, 0.05) is 9.50 Å². The molecule has 3 heteroatoms. The van der Waals surface area contributed by atoms with E-state index in [0.29, 0.717) is 5.92 Å². The molecule has 1 aromatic rings. The summed E-state index contributed by atoms with van der Waals surface area (Å²) in [6, 6.07) is 5.83. The molecule has 0 amide bonds. The van der Waals surface area contributed by atoms with Gasteiger partial charge in [-0.1, -0.05) is 33.6 Å². The number of aliphatic hydroxyl groups excluding tert-OH is 1. The summed E-state index contributed by atoms with van der Waals surface area (Å²) in [6.45, 7) is 0. The second kappa shape index (κ2) is 4.21. The van der Waals surface area contributed by atoms with Crippen LogP contribution in [-0.4, -0.2) is 11.2 Å². The third kappa shape index (κ3) is 2.13. The summed E-state index contributed by atoms with van der Waals surface area (Å²) in [5.74, 6) is 0.437. The van der Waals surface area contributed by atoms with Gasteiger partial charge in [0.2, 0.25) is 0 Å². The molecule has 1 nitrogen and oxygen atoms in total. The fraction of sp³-hybridized carbons (Fsp3) is 0.455. The van der Waals surface area contributed by atoms with Gasteiger partial charge in [-0.15, -0.1) is 0 Å². The second-order valence-electron chi connectivity index (χ2n) is 3.84. The molecule has 0 radical (unpaired) electrons. The summed E-state index contributed by atoms with van der Waals surface area (Å²) in [4.78, 5) is 0. The number of hydrogen-bond acceptors (Lipinski definition) is 1. The van der Waals surface area contributed by atoms with Crippen LogP contribution in [0.25, 0.3) is 0 Å². The highest BCUT2D eigenvalue weighted by molar-refractivity contribution is 9.10. The minimum absolute atomic E-state index is 0.0995. The van der Waals surface area contributed by atoms with Crippen LogP contribution in [-0.2, 0) is 6.42 Å². The van der Waals surface area contributed by atoms with Gasteiger partial charge in [-0.3, -0.25) is 0 Å². The molecule has 1 saturated carbocycles. The third-order valence-corrected chi connectivity index (χ3v) is 3.85. The van der Waals surface area contributed by atoms with Crippen LogP contribution in [0, 0.1) is 5.92 Å². The van der Waals surface area contributed by atoms with Crippen molar-refractivity contribution in [2.75, 3.05) is 0 Å². The van der Waals surface area contributed by atoms with Crippen LogP contribution in [0.15, 0.2) is 22.7 Å². The lowest BCUT2D eigenvalue weighted by Crippen LogP contribution is -2.32. The molecule has 0 heterocycles. The van der Waals surface area contributed by atoms with Crippen molar-refractivity contribution < 1.29 is 5.11 Å². The van der Waals surface area contributed by atoms with Crippen molar-refractivity contribution in [3.05, 3.63) is 33.3 Å². The van der Waals surface area contributed by atoms with E-state index in [1.54, 1.807) is 0 Å². The Morgan fingerprint density at radius 1 is 1.43 bits per heavy atom. The minimum atomic E-state index is -0.0995. The van der Waals surface area contributed by atoms with E-state index in [2.05, 4.69) is 15.9 Å². The first-order valence-electron chi connectivity index (χ1n) is 4.79. The van der Waals surface area contributed by atoms with Crippen molar-refractivity contribution in [1.82, 2.24) is 0 Å². The van der Waals surface area contributed by atoms with Crippen molar-refractivity contribution in [3.8, 4) is 0 Å². The molecule has 0 aliphatic heterocycles. The number of rotatable bonds is 2. The summed E-state index contributed by atoms with van der Waals surface area (Å²) in [6.07, 6.45) is 2.93. The van der Waals surface area contributed by atoms with Gasteiger partial charge in [0.25, 0.3) is 0 Å². The van der Waals surface area contributed by atoms with Crippen molar-refractivity contribution in [3.63, 3.8) is 0 Å². The number of halogens is 2. The fourth-order valence-electron chi connectivity index (χ4n) is 1.76. The van der Waals surface area contributed by atoms with Crippen LogP contribution < -0.4 is 0 Å². The lowest BCUT2D eigenvalue weighted by Gasteiger charge is -2.32. The molecular formula is C11H12BrClO. The standard InChI is InChI=1S/C11H12BrClO/c12-10-6-9(13)3-1-7(10)5-8-2-4-11(8)14/h1,3,6,8,11,14H,2,4-5H2/t8-,11+/m0/s1. The monoisotopic (exact) mass is 274 g/mol. The third-order valence-electron chi connectivity index (χ3n) is 2.87. The van der Waals surface area contributed by atoms with E-state index in [4.69, 9.17) is 11.6 Å². The van der Waals surface area contributed by atoms with Crippen molar-refractivity contribution >= 4 is 27.5 Å². The number of benzene rings is 1. The molecule has 0 unspecified atom stereocenters. The Hall–Kier alpha value is -0.0500. The van der Waals surface area contributed by atoms with Gasteiger partial charge in [-0.25, -0.2) is 0 Å². The maximum Gasteiger partial charge on any atom is 0.0571 e. The fourth-order valence-corrected chi connectivity index (χ4v) is 2.60. The topological polar surface area (TPSA) is 20.2 Å². The van der Waals surface area contributed by atoms with Gasteiger partial charge in [0.15, 0.2) is 0 Å². The molecule has 14 heavy (non-hydrogen) atoms. The largest absolute Gasteiger partial charge is 0.393 e. The normalized spacial score (nSPS) is 25.9. The van der Waals surface area contributed by atoms with Crippen LogP contribution in [0.3, 0.4) is 0 Å². The lowest BCUT2D eigenvalue weighted by molar-refractivity contribution is 0.0243. The van der Waals surface area contributed by atoms with Gasteiger partial charge >= 0.3 is 0 Å². The molecule has 0 aromatic heterocycles. The van der Waals surface area contributed by atoms with Crippen LogP contribution in [0.1, 0.15) is 18.4 Å².